The van der Waals surface area contributed by atoms with Gasteiger partial charge in [-0.1, -0.05) is 91.0 Å². The first-order valence-corrected chi connectivity index (χ1v) is 10.8. The van der Waals surface area contributed by atoms with E-state index in [0.29, 0.717) is 18.8 Å². The highest BCUT2D eigenvalue weighted by molar-refractivity contribution is 5.99. The summed E-state index contributed by atoms with van der Waals surface area (Å²) in [5.74, 6) is 0.417. The fourth-order valence-corrected chi connectivity index (χ4v) is 4.73. The van der Waals surface area contributed by atoms with Crippen LogP contribution in [0.15, 0.2) is 104 Å². The molecule has 0 aromatic heterocycles. The van der Waals surface area contributed by atoms with E-state index in [-0.39, 0.29) is 12.6 Å². The molecule has 0 unspecified atom stereocenters. The molecule has 0 N–H and O–H groups in total. The molecule has 1 atom stereocenters. The van der Waals surface area contributed by atoms with Crippen LogP contribution in [-0.4, -0.2) is 5.97 Å². The molecule has 3 nitrogen and oxygen atoms in total. The molecule has 0 amide bonds. The van der Waals surface area contributed by atoms with Gasteiger partial charge in [-0.2, -0.15) is 0 Å². The van der Waals surface area contributed by atoms with Crippen molar-refractivity contribution in [1.82, 2.24) is 0 Å². The molecule has 0 saturated heterocycles. The molecule has 4 aromatic rings. The Morgan fingerprint density at radius 2 is 1.66 bits per heavy atom. The van der Waals surface area contributed by atoms with Gasteiger partial charge in [0, 0.05) is 5.56 Å². The van der Waals surface area contributed by atoms with Crippen LogP contribution in [0.2, 0.25) is 0 Å². The molecule has 1 heterocycles. The van der Waals surface area contributed by atoms with Crippen LogP contribution < -0.4 is 4.74 Å². The van der Waals surface area contributed by atoms with E-state index in [4.69, 9.17) is 9.47 Å². The maximum absolute atomic E-state index is 13.6. The molecular formula is C29H24O3. The number of carbonyl (C=O) groups excluding carboxylic acids is 1. The smallest absolute Gasteiger partial charge is 0.321 e. The lowest BCUT2D eigenvalue weighted by molar-refractivity contribution is -0.152. The predicted octanol–water partition coefficient (Wildman–Crippen LogP) is 6.34. The molecule has 0 radical (unpaired) electrons. The second kappa shape index (κ2) is 8.35. The highest BCUT2D eigenvalue weighted by atomic mass is 16.5. The highest BCUT2D eigenvalue weighted by Gasteiger charge is 2.49. The van der Waals surface area contributed by atoms with E-state index in [1.54, 1.807) is 6.08 Å². The highest BCUT2D eigenvalue weighted by Crippen LogP contribution is 2.48. The van der Waals surface area contributed by atoms with Crippen molar-refractivity contribution in [3.63, 3.8) is 0 Å². The zero-order valence-electron chi connectivity index (χ0n) is 17.8. The van der Waals surface area contributed by atoms with Gasteiger partial charge in [-0.3, -0.25) is 4.79 Å². The lowest BCUT2D eigenvalue weighted by Crippen LogP contribution is -2.42. The zero-order valence-corrected chi connectivity index (χ0v) is 17.8. The van der Waals surface area contributed by atoms with E-state index in [1.165, 1.54) is 0 Å². The van der Waals surface area contributed by atoms with Crippen LogP contribution in [0.4, 0.5) is 0 Å². The quantitative estimate of drug-likeness (QED) is 0.270. The maximum atomic E-state index is 13.6. The van der Waals surface area contributed by atoms with Gasteiger partial charge < -0.3 is 9.47 Å². The SMILES string of the molecule is C=CC[C@@]1(c2c(OCc3ccccc3)ccc3ccccc23)C(=O)OCc2ccccc21. The Kier molecular flexibility index (Phi) is 5.24. The van der Waals surface area contributed by atoms with Crippen LogP contribution in [0.3, 0.4) is 0 Å². The monoisotopic (exact) mass is 420 g/mol. The lowest BCUT2D eigenvalue weighted by atomic mass is 9.67. The van der Waals surface area contributed by atoms with Crippen molar-refractivity contribution >= 4 is 16.7 Å². The van der Waals surface area contributed by atoms with Crippen LogP contribution in [-0.2, 0) is 28.2 Å². The summed E-state index contributed by atoms with van der Waals surface area (Å²) in [7, 11) is 0. The Morgan fingerprint density at radius 1 is 0.906 bits per heavy atom. The summed E-state index contributed by atoms with van der Waals surface area (Å²) in [6.07, 6.45) is 2.21. The number of cyclic esters (lactones) is 1. The molecule has 32 heavy (non-hydrogen) atoms. The molecule has 0 spiro atoms. The van der Waals surface area contributed by atoms with Gasteiger partial charge in [0.1, 0.15) is 24.4 Å². The Labute approximate surface area is 187 Å². The van der Waals surface area contributed by atoms with Crippen LogP contribution in [0, 0.1) is 0 Å². The first-order chi connectivity index (χ1) is 15.7. The van der Waals surface area contributed by atoms with Crippen LogP contribution in [0.1, 0.15) is 28.7 Å². The number of allylic oxidation sites excluding steroid dienone is 1. The third kappa shape index (κ3) is 3.27. The number of esters is 1. The minimum atomic E-state index is -1.02. The van der Waals surface area contributed by atoms with Gasteiger partial charge in [0.25, 0.3) is 0 Å². The van der Waals surface area contributed by atoms with Gasteiger partial charge in [0.05, 0.1) is 0 Å². The number of ether oxygens (including phenoxy) is 2. The van der Waals surface area contributed by atoms with Gasteiger partial charge in [-0.25, -0.2) is 0 Å². The molecule has 1 aliphatic rings. The Hall–Kier alpha value is -3.85. The second-order valence-corrected chi connectivity index (χ2v) is 8.07. The molecule has 158 valence electrons. The Morgan fingerprint density at radius 3 is 2.50 bits per heavy atom. The van der Waals surface area contributed by atoms with E-state index < -0.39 is 5.41 Å². The summed E-state index contributed by atoms with van der Waals surface area (Å²) >= 11 is 0. The van der Waals surface area contributed by atoms with Gasteiger partial charge in [-0.15, -0.1) is 6.58 Å². The number of fused-ring (bicyclic) bond motifs is 2. The summed E-state index contributed by atoms with van der Waals surface area (Å²) < 4.78 is 12.1. The predicted molar refractivity (Wildman–Crippen MR) is 127 cm³/mol. The van der Waals surface area contributed by atoms with Gasteiger partial charge in [0.2, 0.25) is 0 Å². The minimum Gasteiger partial charge on any atom is -0.489 e. The molecule has 4 aromatic carbocycles. The van der Waals surface area contributed by atoms with E-state index in [1.807, 2.05) is 78.9 Å². The Balaban J connectivity index is 1.77. The zero-order chi connectivity index (χ0) is 22.0. The largest absolute Gasteiger partial charge is 0.489 e. The van der Waals surface area contributed by atoms with Crippen molar-refractivity contribution in [3.05, 3.63) is 126 Å². The fraction of sp³-hybridized carbons (Fsp3) is 0.138. The van der Waals surface area contributed by atoms with Gasteiger partial charge >= 0.3 is 5.97 Å². The second-order valence-electron chi connectivity index (χ2n) is 8.07. The molecule has 5 rings (SSSR count). The summed E-state index contributed by atoms with van der Waals surface area (Å²) in [6.45, 7) is 4.67. The minimum absolute atomic E-state index is 0.267. The average molecular weight is 421 g/mol. The summed E-state index contributed by atoms with van der Waals surface area (Å²) in [4.78, 5) is 13.6. The molecule has 0 saturated carbocycles. The third-order valence-corrected chi connectivity index (χ3v) is 6.19. The fourth-order valence-electron chi connectivity index (χ4n) is 4.73. The molecule has 0 aliphatic carbocycles. The van der Waals surface area contributed by atoms with Crippen molar-refractivity contribution in [3.8, 4) is 5.75 Å². The van der Waals surface area contributed by atoms with Crippen molar-refractivity contribution in [2.75, 3.05) is 0 Å². The van der Waals surface area contributed by atoms with Crippen LogP contribution in [0.5, 0.6) is 5.75 Å². The van der Waals surface area contributed by atoms with Gasteiger partial charge in [0.15, 0.2) is 0 Å². The van der Waals surface area contributed by atoms with Gasteiger partial charge in [-0.05, 0) is 39.9 Å². The average Bonchev–Trinajstić information content (AvgIpc) is 2.85. The van der Waals surface area contributed by atoms with Crippen molar-refractivity contribution in [2.45, 2.75) is 25.0 Å². The van der Waals surface area contributed by atoms with E-state index in [0.717, 1.165) is 33.0 Å². The molecular weight excluding hydrogens is 396 g/mol. The molecule has 3 heteroatoms. The first kappa shape index (κ1) is 20.1. The summed E-state index contributed by atoms with van der Waals surface area (Å²) in [5.41, 5.74) is 2.84. The van der Waals surface area contributed by atoms with Crippen molar-refractivity contribution < 1.29 is 14.3 Å². The van der Waals surface area contributed by atoms with E-state index in [2.05, 4.69) is 18.7 Å². The number of benzene rings is 4. The Bertz CT molecular complexity index is 1290. The summed E-state index contributed by atoms with van der Waals surface area (Å²) in [6, 6.07) is 30.2. The molecule has 0 fully saturated rings. The standard InChI is InChI=1S/C29H24O3/c1-2-18-29(25-15-9-7-13-23(25)20-32-28(29)30)27-24-14-8-6-12-22(24)16-17-26(27)31-19-21-10-4-3-5-11-21/h2-17H,1,18-20H2/t29-/m1/s1. The van der Waals surface area contributed by atoms with E-state index >= 15 is 0 Å². The molecule has 0 bridgehead atoms. The van der Waals surface area contributed by atoms with Crippen LogP contribution in [0.25, 0.3) is 10.8 Å². The van der Waals surface area contributed by atoms with Crippen molar-refractivity contribution in [2.24, 2.45) is 0 Å². The maximum Gasteiger partial charge on any atom is 0.321 e. The third-order valence-electron chi connectivity index (χ3n) is 6.19. The first-order valence-electron chi connectivity index (χ1n) is 10.8. The topological polar surface area (TPSA) is 35.5 Å². The van der Waals surface area contributed by atoms with E-state index in [9.17, 15) is 4.79 Å². The number of hydrogen-bond donors (Lipinski definition) is 0. The molecule has 1 aliphatic heterocycles. The number of rotatable bonds is 6. The number of hydrogen-bond acceptors (Lipinski definition) is 3. The lowest BCUT2D eigenvalue weighted by Gasteiger charge is -2.38. The van der Waals surface area contributed by atoms with Crippen molar-refractivity contribution in [1.29, 1.82) is 0 Å². The summed E-state index contributed by atoms with van der Waals surface area (Å²) in [5, 5.41) is 2.03. The van der Waals surface area contributed by atoms with Crippen LogP contribution >= 0.6 is 0 Å². The number of carbonyl (C=O) groups is 1. The normalized spacial score (nSPS) is 17.4.